The highest BCUT2D eigenvalue weighted by atomic mass is 15.1. The van der Waals surface area contributed by atoms with Crippen molar-refractivity contribution in [1.82, 2.24) is 0 Å². The Bertz CT molecular complexity index is 2880. The zero-order valence-corrected chi connectivity index (χ0v) is 28.0. The number of hydrogen-bond donors (Lipinski definition) is 0. The van der Waals surface area contributed by atoms with Gasteiger partial charge in [0, 0.05) is 17.1 Å². The van der Waals surface area contributed by atoms with Crippen LogP contribution in [0, 0.1) is 0 Å². The molecule has 1 heteroatoms. The molecule has 0 heterocycles. The Morgan fingerprint density at radius 1 is 0.255 bits per heavy atom. The number of para-hydroxylation sites is 1. The molecule has 0 aliphatic heterocycles. The minimum absolute atomic E-state index is 1.12. The lowest BCUT2D eigenvalue weighted by Gasteiger charge is -2.26. The van der Waals surface area contributed by atoms with E-state index >= 15 is 0 Å². The summed E-state index contributed by atoms with van der Waals surface area (Å²) < 4.78 is 0. The minimum Gasteiger partial charge on any atom is -0.311 e. The van der Waals surface area contributed by atoms with Crippen LogP contribution in [0.5, 0.6) is 0 Å². The normalized spacial score (nSPS) is 11.5. The fraction of sp³-hybridized carbons (Fsp3) is 0. The third-order valence-corrected chi connectivity index (χ3v) is 10.4. The number of hydrogen-bond acceptors (Lipinski definition) is 1. The molecule has 51 heavy (non-hydrogen) atoms. The van der Waals surface area contributed by atoms with Crippen molar-refractivity contribution < 1.29 is 0 Å². The first-order valence-electron chi connectivity index (χ1n) is 17.6. The van der Waals surface area contributed by atoms with Gasteiger partial charge in [-0.05, 0) is 125 Å². The van der Waals surface area contributed by atoms with E-state index in [0.717, 1.165) is 17.1 Å². The third kappa shape index (κ3) is 5.02. The molecule has 0 radical (unpaired) electrons. The smallest absolute Gasteiger partial charge is 0.0462 e. The lowest BCUT2D eigenvalue weighted by Crippen LogP contribution is -2.09. The molecule has 0 unspecified atom stereocenters. The molecule has 0 fully saturated rings. The quantitative estimate of drug-likeness (QED) is 0.168. The number of fused-ring (bicyclic) bond motifs is 8. The molecule has 0 N–H and O–H groups in total. The molecule has 10 aromatic carbocycles. The van der Waals surface area contributed by atoms with Crippen LogP contribution in [-0.2, 0) is 0 Å². The van der Waals surface area contributed by atoms with Crippen LogP contribution in [0.3, 0.4) is 0 Å². The van der Waals surface area contributed by atoms with Gasteiger partial charge in [0.1, 0.15) is 0 Å². The van der Waals surface area contributed by atoms with Crippen LogP contribution in [0.25, 0.3) is 76.1 Å². The van der Waals surface area contributed by atoms with Crippen LogP contribution in [0.15, 0.2) is 200 Å². The van der Waals surface area contributed by atoms with Crippen molar-refractivity contribution in [2.75, 3.05) is 4.90 Å². The molecular formula is C50H33N. The highest BCUT2D eigenvalue weighted by molar-refractivity contribution is 6.20. The second-order valence-corrected chi connectivity index (χ2v) is 13.3. The number of nitrogens with zero attached hydrogens (tertiary/aromatic N) is 1. The Kier molecular flexibility index (Phi) is 6.89. The summed E-state index contributed by atoms with van der Waals surface area (Å²) in [4.78, 5) is 2.34. The van der Waals surface area contributed by atoms with E-state index in [-0.39, 0.29) is 0 Å². The largest absolute Gasteiger partial charge is 0.311 e. The van der Waals surface area contributed by atoms with Gasteiger partial charge in [0.25, 0.3) is 0 Å². The van der Waals surface area contributed by atoms with Crippen LogP contribution < -0.4 is 4.90 Å². The van der Waals surface area contributed by atoms with Crippen molar-refractivity contribution in [3.8, 4) is 22.3 Å². The van der Waals surface area contributed by atoms with E-state index in [1.54, 1.807) is 0 Å². The predicted octanol–water partition coefficient (Wildman–Crippen LogP) is 14.3. The number of benzene rings is 10. The van der Waals surface area contributed by atoms with Gasteiger partial charge < -0.3 is 4.90 Å². The standard InChI is InChI=1S/C50H33N/c1-2-12-41(13-3-1)51(43-30-26-36(27-31-43)48-33-40-11-5-6-14-44(40)46-16-8-9-17-47(46)48)42-28-24-34(25-29-42)39-23-20-37-19-22-38-21-18-35-10-4-7-15-45(35)50(38)49(37)32-39/h1-33H. The first kappa shape index (κ1) is 29.2. The van der Waals surface area contributed by atoms with Gasteiger partial charge in [-0.25, -0.2) is 0 Å². The maximum atomic E-state index is 2.36. The molecule has 0 aliphatic rings. The molecule has 0 atom stereocenters. The second-order valence-electron chi connectivity index (χ2n) is 13.3. The van der Waals surface area contributed by atoms with Gasteiger partial charge in [-0.2, -0.15) is 0 Å². The lowest BCUT2D eigenvalue weighted by atomic mass is 9.93. The van der Waals surface area contributed by atoms with Gasteiger partial charge in [-0.15, -0.1) is 0 Å². The Hall–Kier alpha value is -6.70. The maximum absolute atomic E-state index is 2.36. The number of rotatable bonds is 5. The molecule has 0 saturated heterocycles. The molecule has 10 rings (SSSR count). The first-order chi connectivity index (χ1) is 25.3. The summed E-state index contributed by atoms with van der Waals surface area (Å²) in [6.07, 6.45) is 0. The Labute approximate surface area is 297 Å². The van der Waals surface area contributed by atoms with Crippen molar-refractivity contribution in [2.24, 2.45) is 0 Å². The minimum atomic E-state index is 1.12. The average molecular weight is 648 g/mol. The zero-order chi connectivity index (χ0) is 33.7. The van der Waals surface area contributed by atoms with Crippen molar-refractivity contribution in [2.45, 2.75) is 0 Å². The molecule has 0 aliphatic carbocycles. The lowest BCUT2D eigenvalue weighted by molar-refractivity contribution is 1.28. The molecular weight excluding hydrogens is 615 g/mol. The fourth-order valence-electron chi connectivity index (χ4n) is 7.92. The van der Waals surface area contributed by atoms with Gasteiger partial charge in [0.2, 0.25) is 0 Å². The number of anilines is 3. The van der Waals surface area contributed by atoms with Gasteiger partial charge >= 0.3 is 0 Å². The monoisotopic (exact) mass is 647 g/mol. The van der Waals surface area contributed by atoms with E-state index < -0.39 is 0 Å². The van der Waals surface area contributed by atoms with E-state index in [0.29, 0.717) is 0 Å². The van der Waals surface area contributed by atoms with Gasteiger partial charge in [0.15, 0.2) is 0 Å². The Morgan fingerprint density at radius 3 is 1.47 bits per heavy atom. The predicted molar refractivity (Wildman–Crippen MR) is 220 cm³/mol. The van der Waals surface area contributed by atoms with Gasteiger partial charge in [0.05, 0.1) is 0 Å². The SMILES string of the molecule is c1ccc(N(c2ccc(-c3ccc4ccc5ccc6ccccc6c5c4c3)cc2)c2ccc(-c3cc4ccccc4c4ccccc34)cc2)cc1. The fourth-order valence-corrected chi connectivity index (χ4v) is 7.92. The van der Waals surface area contributed by atoms with Crippen LogP contribution in [0.2, 0.25) is 0 Å². The van der Waals surface area contributed by atoms with E-state index in [4.69, 9.17) is 0 Å². The van der Waals surface area contributed by atoms with Gasteiger partial charge in [-0.3, -0.25) is 0 Å². The van der Waals surface area contributed by atoms with E-state index in [1.807, 2.05) is 0 Å². The summed E-state index contributed by atoms with van der Waals surface area (Å²) in [7, 11) is 0. The molecule has 0 amide bonds. The molecule has 10 aromatic rings. The summed E-state index contributed by atoms with van der Waals surface area (Å²) >= 11 is 0. The maximum Gasteiger partial charge on any atom is 0.0462 e. The second kappa shape index (κ2) is 12.0. The molecule has 238 valence electrons. The highest BCUT2D eigenvalue weighted by Crippen LogP contribution is 2.40. The summed E-state index contributed by atoms with van der Waals surface area (Å²) in [5, 5.41) is 12.8. The summed E-state index contributed by atoms with van der Waals surface area (Å²) in [5.41, 5.74) is 8.23. The molecule has 0 bridgehead atoms. The van der Waals surface area contributed by atoms with Crippen molar-refractivity contribution >= 4 is 70.9 Å². The van der Waals surface area contributed by atoms with E-state index in [2.05, 4.69) is 205 Å². The Balaban J connectivity index is 1.04. The zero-order valence-electron chi connectivity index (χ0n) is 28.0. The van der Waals surface area contributed by atoms with Crippen molar-refractivity contribution in [3.63, 3.8) is 0 Å². The topological polar surface area (TPSA) is 3.24 Å². The van der Waals surface area contributed by atoms with Crippen molar-refractivity contribution in [1.29, 1.82) is 0 Å². The molecule has 1 nitrogen and oxygen atoms in total. The van der Waals surface area contributed by atoms with Crippen LogP contribution in [-0.4, -0.2) is 0 Å². The van der Waals surface area contributed by atoms with E-state index in [9.17, 15) is 0 Å². The van der Waals surface area contributed by atoms with Crippen LogP contribution >= 0.6 is 0 Å². The third-order valence-electron chi connectivity index (χ3n) is 10.4. The first-order valence-corrected chi connectivity index (χ1v) is 17.6. The summed E-state index contributed by atoms with van der Waals surface area (Å²) in [5.74, 6) is 0. The Morgan fingerprint density at radius 2 is 0.745 bits per heavy atom. The van der Waals surface area contributed by atoms with Crippen LogP contribution in [0.4, 0.5) is 17.1 Å². The molecule has 0 spiro atoms. The van der Waals surface area contributed by atoms with Crippen LogP contribution in [0.1, 0.15) is 0 Å². The highest BCUT2D eigenvalue weighted by Gasteiger charge is 2.15. The van der Waals surface area contributed by atoms with E-state index in [1.165, 1.54) is 76.1 Å². The van der Waals surface area contributed by atoms with Gasteiger partial charge in [-0.1, -0.05) is 152 Å². The summed E-state index contributed by atoms with van der Waals surface area (Å²) in [6, 6.07) is 73.0. The molecule has 0 aromatic heterocycles. The van der Waals surface area contributed by atoms with Crippen molar-refractivity contribution in [3.05, 3.63) is 200 Å². The summed E-state index contributed by atoms with van der Waals surface area (Å²) in [6.45, 7) is 0. The molecule has 0 saturated carbocycles. The average Bonchev–Trinajstić information content (AvgIpc) is 3.21.